The number of rotatable bonds is 3. The number of anilines is 1. The molecule has 1 aliphatic heterocycles. The molecule has 0 spiro atoms. The Morgan fingerprint density at radius 3 is 2.85 bits per heavy atom. The first-order valence-corrected chi connectivity index (χ1v) is 8.14. The molecule has 5 nitrogen and oxygen atoms in total. The first-order valence-electron chi connectivity index (χ1n) is 6.24. The van der Waals surface area contributed by atoms with Crippen molar-refractivity contribution >= 4 is 45.0 Å². The summed E-state index contributed by atoms with van der Waals surface area (Å²) in [5, 5.41) is 12.2. The number of halogens is 1. The number of nitrogens with one attached hydrogen (secondary N) is 1. The summed E-state index contributed by atoms with van der Waals surface area (Å²) < 4.78 is 6.64. The summed E-state index contributed by atoms with van der Waals surface area (Å²) in [4.78, 5) is 12.0. The molecule has 1 aliphatic rings. The van der Waals surface area contributed by atoms with E-state index in [-0.39, 0.29) is 12.0 Å². The molecule has 1 aromatic heterocycles. The Kier molecular flexibility index (Phi) is 4.27. The van der Waals surface area contributed by atoms with Gasteiger partial charge in [-0.1, -0.05) is 11.3 Å². The van der Waals surface area contributed by atoms with Gasteiger partial charge in [-0.2, -0.15) is 0 Å². The quantitative estimate of drug-likeness (QED) is 0.803. The van der Waals surface area contributed by atoms with Crippen LogP contribution in [0.15, 0.2) is 24.3 Å². The second-order valence-electron chi connectivity index (χ2n) is 4.41. The van der Waals surface area contributed by atoms with Crippen LogP contribution >= 0.6 is 33.9 Å². The van der Waals surface area contributed by atoms with Gasteiger partial charge in [0.15, 0.2) is 0 Å². The minimum absolute atomic E-state index is 0.0384. The van der Waals surface area contributed by atoms with E-state index in [1.54, 1.807) is 12.1 Å². The van der Waals surface area contributed by atoms with Crippen molar-refractivity contribution in [1.29, 1.82) is 0 Å². The van der Waals surface area contributed by atoms with Crippen LogP contribution in [0, 0.1) is 3.57 Å². The fraction of sp³-hybridized carbons (Fsp3) is 0.308. The lowest BCUT2D eigenvalue weighted by atomic mass is 10.2. The number of amides is 1. The normalized spacial score (nSPS) is 18.1. The van der Waals surface area contributed by atoms with Gasteiger partial charge in [-0.3, -0.25) is 10.1 Å². The lowest BCUT2D eigenvalue weighted by Crippen LogP contribution is -2.11. The van der Waals surface area contributed by atoms with Gasteiger partial charge in [-0.25, -0.2) is 0 Å². The average Bonchev–Trinajstić information content (AvgIpc) is 3.09. The number of carbonyl (C=O) groups is 1. The highest BCUT2D eigenvalue weighted by molar-refractivity contribution is 14.1. The number of carbonyl (C=O) groups excluding carboxylic acids is 1. The van der Waals surface area contributed by atoms with Crippen LogP contribution in [0.1, 0.15) is 34.3 Å². The molecule has 1 saturated heterocycles. The fourth-order valence-corrected chi connectivity index (χ4v) is 3.14. The molecule has 7 heteroatoms. The van der Waals surface area contributed by atoms with Gasteiger partial charge in [-0.15, -0.1) is 10.2 Å². The lowest BCUT2D eigenvalue weighted by Gasteiger charge is -2.02. The fourth-order valence-electron chi connectivity index (χ4n) is 1.96. The van der Waals surface area contributed by atoms with Crippen molar-refractivity contribution < 1.29 is 9.53 Å². The molecule has 2 heterocycles. The third-order valence-electron chi connectivity index (χ3n) is 2.97. The van der Waals surface area contributed by atoms with Gasteiger partial charge in [0.1, 0.15) is 11.1 Å². The van der Waals surface area contributed by atoms with Crippen LogP contribution < -0.4 is 5.32 Å². The smallest absolute Gasteiger partial charge is 0.257 e. The monoisotopic (exact) mass is 401 g/mol. The minimum atomic E-state index is -0.170. The number of nitrogens with zero attached hydrogens (tertiary/aromatic N) is 2. The van der Waals surface area contributed by atoms with Crippen molar-refractivity contribution in [2.24, 2.45) is 0 Å². The van der Waals surface area contributed by atoms with E-state index in [1.807, 2.05) is 12.1 Å². The standard InChI is InChI=1S/C13H12IN3O2S/c14-9-5-3-8(4-6-9)11(18)15-13-17-16-12(20-13)10-2-1-7-19-10/h3-6,10H,1-2,7H2,(H,15,17,18). The van der Waals surface area contributed by atoms with Crippen LogP contribution in [-0.4, -0.2) is 22.7 Å². The van der Waals surface area contributed by atoms with Crippen LogP contribution in [0.5, 0.6) is 0 Å². The van der Waals surface area contributed by atoms with E-state index in [0.717, 1.165) is 28.0 Å². The second-order valence-corrected chi connectivity index (χ2v) is 6.66. The largest absolute Gasteiger partial charge is 0.371 e. The number of hydrogen-bond donors (Lipinski definition) is 1. The van der Waals surface area contributed by atoms with Gasteiger partial charge in [0.2, 0.25) is 5.13 Å². The molecular formula is C13H12IN3O2S. The van der Waals surface area contributed by atoms with Crippen LogP contribution in [0.3, 0.4) is 0 Å². The highest BCUT2D eigenvalue weighted by Crippen LogP contribution is 2.31. The molecule has 2 aromatic rings. The van der Waals surface area contributed by atoms with Crippen LogP contribution in [0.25, 0.3) is 0 Å². The second kappa shape index (κ2) is 6.15. The molecule has 1 N–H and O–H groups in total. The SMILES string of the molecule is O=C(Nc1nnc(C2CCCO2)s1)c1ccc(I)cc1. The molecule has 0 bridgehead atoms. The van der Waals surface area contributed by atoms with Crippen molar-refractivity contribution in [3.63, 3.8) is 0 Å². The molecule has 0 radical (unpaired) electrons. The highest BCUT2D eigenvalue weighted by Gasteiger charge is 2.22. The maximum Gasteiger partial charge on any atom is 0.257 e. The number of hydrogen-bond acceptors (Lipinski definition) is 5. The molecule has 0 aliphatic carbocycles. The van der Waals surface area contributed by atoms with Gasteiger partial charge < -0.3 is 4.74 Å². The first-order chi connectivity index (χ1) is 9.72. The zero-order valence-corrected chi connectivity index (χ0v) is 13.5. The van der Waals surface area contributed by atoms with Gasteiger partial charge in [-0.05, 0) is 59.7 Å². The summed E-state index contributed by atoms with van der Waals surface area (Å²) in [7, 11) is 0. The van der Waals surface area contributed by atoms with E-state index in [1.165, 1.54) is 11.3 Å². The summed E-state index contributed by atoms with van der Waals surface area (Å²) in [6.07, 6.45) is 2.06. The molecule has 3 rings (SSSR count). The van der Waals surface area contributed by atoms with E-state index < -0.39 is 0 Å². The topological polar surface area (TPSA) is 64.1 Å². The van der Waals surface area contributed by atoms with Gasteiger partial charge in [0.25, 0.3) is 5.91 Å². The van der Waals surface area contributed by atoms with Crippen molar-refractivity contribution in [2.75, 3.05) is 11.9 Å². The molecule has 0 saturated carbocycles. The number of benzene rings is 1. The molecule has 1 fully saturated rings. The Labute approximate surface area is 133 Å². The van der Waals surface area contributed by atoms with E-state index in [4.69, 9.17) is 4.74 Å². The van der Waals surface area contributed by atoms with Gasteiger partial charge in [0.05, 0.1) is 0 Å². The van der Waals surface area contributed by atoms with Crippen molar-refractivity contribution in [2.45, 2.75) is 18.9 Å². The van der Waals surface area contributed by atoms with E-state index in [9.17, 15) is 4.79 Å². The maximum atomic E-state index is 12.0. The summed E-state index contributed by atoms with van der Waals surface area (Å²) in [6.45, 7) is 0.772. The van der Waals surface area contributed by atoms with E-state index >= 15 is 0 Å². The Morgan fingerprint density at radius 1 is 1.35 bits per heavy atom. The zero-order valence-electron chi connectivity index (χ0n) is 10.5. The van der Waals surface area contributed by atoms with Crippen molar-refractivity contribution in [3.8, 4) is 0 Å². The average molecular weight is 401 g/mol. The summed E-state index contributed by atoms with van der Waals surface area (Å²) in [6, 6.07) is 7.37. The molecule has 1 atom stereocenters. The predicted molar refractivity (Wildman–Crippen MR) is 84.9 cm³/mol. The Morgan fingerprint density at radius 2 is 2.15 bits per heavy atom. The Bertz CT molecular complexity index is 608. The van der Waals surface area contributed by atoms with Crippen LogP contribution in [0.2, 0.25) is 0 Å². The van der Waals surface area contributed by atoms with Gasteiger partial charge in [0, 0.05) is 15.7 Å². The Balaban J connectivity index is 1.68. The molecule has 1 amide bonds. The van der Waals surface area contributed by atoms with Gasteiger partial charge >= 0.3 is 0 Å². The summed E-state index contributed by atoms with van der Waals surface area (Å²) >= 11 is 3.58. The lowest BCUT2D eigenvalue weighted by molar-refractivity contribution is 0.102. The van der Waals surface area contributed by atoms with E-state index in [0.29, 0.717) is 10.7 Å². The van der Waals surface area contributed by atoms with Crippen molar-refractivity contribution in [3.05, 3.63) is 38.4 Å². The van der Waals surface area contributed by atoms with Crippen LogP contribution in [-0.2, 0) is 4.74 Å². The third kappa shape index (κ3) is 3.15. The maximum absolute atomic E-state index is 12.0. The molecule has 20 heavy (non-hydrogen) atoms. The number of ether oxygens (including phenoxy) is 1. The first kappa shape index (κ1) is 13.9. The number of aromatic nitrogens is 2. The molecule has 104 valence electrons. The molecular weight excluding hydrogens is 389 g/mol. The highest BCUT2D eigenvalue weighted by atomic mass is 127. The minimum Gasteiger partial charge on any atom is -0.371 e. The van der Waals surface area contributed by atoms with E-state index in [2.05, 4.69) is 38.1 Å². The predicted octanol–water partition coefficient (Wildman–Crippen LogP) is 3.25. The molecule has 1 aromatic carbocycles. The molecule has 1 unspecified atom stereocenters. The summed E-state index contributed by atoms with van der Waals surface area (Å²) in [5.74, 6) is -0.170. The van der Waals surface area contributed by atoms with Crippen molar-refractivity contribution in [1.82, 2.24) is 10.2 Å². The summed E-state index contributed by atoms with van der Waals surface area (Å²) in [5.41, 5.74) is 0.610. The zero-order chi connectivity index (χ0) is 13.9. The third-order valence-corrected chi connectivity index (χ3v) is 4.62. The van der Waals surface area contributed by atoms with Crippen LogP contribution in [0.4, 0.5) is 5.13 Å². The Hall–Kier alpha value is -1.06.